The summed E-state index contributed by atoms with van der Waals surface area (Å²) in [5, 5.41) is 4.32. The molecule has 0 radical (unpaired) electrons. The predicted molar refractivity (Wildman–Crippen MR) is 129 cm³/mol. The van der Waals surface area contributed by atoms with Crippen LogP contribution >= 0.6 is 22.7 Å². The summed E-state index contributed by atoms with van der Waals surface area (Å²) in [6.45, 7) is 5.18. The van der Waals surface area contributed by atoms with Crippen LogP contribution in [0.15, 0.2) is 52.2 Å². The van der Waals surface area contributed by atoms with Gasteiger partial charge in [-0.2, -0.15) is 0 Å². The molecule has 170 valence electrons. The number of aromatic nitrogens is 2. The summed E-state index contributed by atoms with van der Waals surface area (Å²) >= 11 is 2.92. The largest absolute Gasteiger partial charge is 0.481 e. The van der Waals surface area contributed by atoms with Gasteiger partial charge in [0.15, 0.2) is 6.10 Å². The van der Waals surface area contributed by atoms with E-state index in [0.717, 1.165) is 21.6 Å². The molecule has 0 aliphatic carbocycles. The van der Waals surface area contributed by atoms with Crippen LogP contribution in [0.4, 0.5) is 0 Å². The molecule has 0 bridgehead atoms. The highest BCUT2D eigenvalue weighted by Gasteiger charge is 2.18. The number of carbonyl (C=O) groups is 2. The Balaban J connectivity index is 1.40. The van der Waals surface area contributed by atoms with Gasteiger partial charge in [-0.15, -0.1) is 22.7 Å². The minimum absolute atomic E-state index is 0.284. The Labute approximate surface area is 197 Å². The summed E-state index contributed by atoms with van der Waals surface area (Å²) in [6, 6.07) is 9.45. The van der Waals surface area contributed by atoms with E-state index in [0.29, 0.717) is 16.0 Å². The summed E-state index contributed by atoms with van der Waals surface area (Å²) in [7, 11) is 0. The predicted octanol–water partition coefficient (Wildman–Crippen LogP) is 3.42. The van der Waals surface area contributed by atoms with Gasteiger partial charge >= 0.3 is 0 Å². The van der Waals surface area contributed by atoms with Crippen LogP contribution in [0.1, 0.15) is 18.1 Å². The molecule has 4 rings (SSSR count). The van der Waals surface area contributed by atoms with Gasteiger partial charge in [0.1, 0.15) is 17.1 Å². The third-order valence-corrected chi connectivity index (χ3v) is 7.00. The molecule has 1 aromatic carbocycles. The van der Waals surface area contributed by atoms with Crippen molar-refractivity contribution in [3.05, 3.63) is 68.9 Å². The maximum atomic E-state index is 13.0. The molecule has 2 N–H and O–H groups in total. The molecule has 0 spiro atoms. The second kappa shape index (κ2) is 9.55. The van der Waals surface area contributed by atoms with Crippen molar-refractivity contribution in [1.29, 1.82) is 0 Å². The van der Waals surface area contributed by atoms with Crippen molar-refractivity contribution < 1.29 is 14.3 Å². The fourth-order valence-corrected chi connectivity index (χ4v) is 4.94. The summed E-state index contributed by atoms with van der Waals surface area (Å²) in [5.74, 6) is -0.464. The maximum absolute atomic E-state index is 13.0. The average Bonchev–Trinajstić information content (AvgIpc) is 3.47. The van der Waals surface area contributed by atoms with Gasteiger partial charge in [-0.1, -0.05) is 18.2 Å². The Morgan fingerprint density at radius 3 is 2.73 bits per heavy atom. The minimum Gasteiger partial charge on any atom is -0.481 e. The van der Waals surface area contributed by atoms with Gasteiger partial charge in [0.05, 0.1) is 11.7 Å². The number of hydrogen-bond acceptors (Lipinski definition) is 7. The topological polar surface area (TPSA) is 102 Å². The number of carbonyl (C=O) groups excluding carboxylic acids is 2. The number of ether oxygens (including phenoxy) is 1. The van der Waals surface area contributed by atoms with Gasteiger partial charge in [0.25, 0.3) is 17.4 Å². The monoisotopic (exact) mass is 482 g/mol. The first-order valence-corrected chi connectivity index (χ1v) is 11.9. The molecule has 0 aliphatic heterocycles. The van der Waals surface area contributed by atoms with E-state index in [4.69, 9.17) is 4.74 Å². The summed E-state index contributed by atoms with van der Waals surface area (Å²) in [5.41, 5.74) is 7.18. The van der Waals surface area contributed by atoms with Crippen molar-refractivity contribution in [2.24, 2.45) is 0 Å². The molecule has 3 aromatic heterocycles. The van der Waals surface area contributed by atoms with Gasteiger partial charge in [-0.25, -0.2) is 4.98 Å². The number of amides is 2. The van der Waals surface area contributed by atoms with Crippen molar-refractivity contribution in [1.82, 2.24) is 20.4 Å². The molecular formula is C23H22N4O4S2. The Bertz CT molecular complexity index is 1380. The fraction of sp³-hybridized carbons (Fsp3) is 0.217. The quantitative estimate of drug-likeness (QED) is 0.410. The van der Waals surface area contributed by atoms with Gasteiger partial charge in [0.2, 0.25) is 0 Å². The van der Waals surface area contributed by atoms with Crippen molar-refractivity contribution in [3.8, 4) is 16.2 Å². The highest BCUT2D eigenvalue weighted by Crippen LogP contribution is 2.33. The van der Waals surface area contributed by atoms with Crippen LogP contribution in [-0.4, -0.2) is 27.5 Å². The number of aryl methyl sites for hydroxylation is 1. The minimum atomic E-state index is -0.828. The van der Waals surface area contributed by atoms with Crippen molar-refractivity contribution in [2.75, 3.05) is 0 Å². The second-order valence-electron chi connectivity index (χ2n) is 7.48. The van der Waals surface area contributed by atoms with Crippen molar-refractivity contribution in [2.45, 2.75) is 33.4 Å². The van der Waals surface area contributed by atoms with Gasteiger partial charge < -0.3 is 4.74 Å². The molecular weight excluding hydrogens is 460 g/mol. The molecule has 33 heavy (non-hydrogen) atoms. The number of hydrazine groups is 1. The number of benzene rings is 1. The SMILES string of the molecule is Cc1cccc(OC(C)C(=O)NNC(=O)Cn2cnc3scc(-c4cccs4)c3c2=O)c1C. The van der Waals surface area contributed by atoms with E-state index in [1.165, 1.54) is 33.6 Å². The lowest BCUT2D eigenvalue weighted by Gasteiger charge is -2.17. The number of thiophene rings is 2. The first kappa shape index (κ1) is 22.7. The second-order valence-corrected chi connectivity index (χ2v) is 9.29. The molecule has 10 heteroatoms. The van der Waals surface area contributed by atoms with Crippen LogP contribution in [-0.2, 0) is 16.1 Å². The summed E-state index contributed by atoms with van der Waals surface area (Å²) in [6.07, 6.45) is 0.512. The molecule has 3 heterocycles. The molecule has 2 amide bonds. The third kappa shape index (κ3) is 4.81. The number of fused-ring (bicyclic) bond motifs is 1. The zero-order valence-electron chi connectivity index (χ0n) is 18.2. The van der Waals surface area contributed by atoms with Crippen LogP contribution in [0, 0.1) is 13.8 Å². The number of nitrogens with zero attached hydrogens (tertiary/aromatic N) is 2. The number of rotatable bonds is 6. The molecule has 0 saturated heterocycles. The Kier molecular flexibility index (Phi) is 6.57. The van der Waals surface area contributed by atoms with Gasteiger partial charge in [-0.05, 0) is 49.4 Å². The standard InChI is InChI=1S/C23H22N4O4S2/c1-13-6-4-7-17(14(13)2)31-15(3)21(29)26-25-19(28)10-27-12-24-22-20(23(27)30)16(11-33-22)18-8-5-9-32-18/h4-9,11-12,15H,10H2,1-3H3,(H,25,28)(H,26,29). The fourth-order valence-electron chi connectivity index (χ4n) is 3.22. The first-order chi connectivity index (χ1) is 15.8. The molecule has 4 aromatic rings. The lowest BCUT2D eigenvalue weighted by Crippen LogP contribution is -2.48. The lowest BCUT2D eigenvalue weighted by atomic mass is 10.1. The Morgan fingerprint density at radius 1 is 1.15 bits per heavy atom. The third-order valence-electron chi connectivity index (χ3n) is 5.21. The molecule has 0 fully saturated rings. The lowest BCUT2D eigenvalue weighted by molar-refractivity contribution is -0.133. The van der Waals surface area contributed by atoms with E-state index in [2.05, 4.69) is 15.8 Å². The summed E-state index contributed by atoms with van der Waals surface area (Å²) in [4.78, 5) is 43.6. The molecule has 0 saturated carbocycles. The van der Waals surface area contributed by atoms with Crippen LogP contribution in [0.2, 0.25) is 0 Å². The van der Waals surface area contributed by atoms with E-state index in [1.807, 2.05) is 48.9 Å². The van der Waals surface area contributed by atoms with E-state index in [1.54, 1.807) is 13.0 Å². The smallest absolute Gasteiger partial charge is 0.279 e. The van der Waals surface area contributed by atoms with Crippen LogP contribution in [0.25, 0.3) is 20.7 Å². The molecule has 1 atom stereocenters. The van der Waals surface area contributed by atoms with Crippen LogP contribution < -0.4 is 21.1 Å². The molecule has 1 unspecified atom stereocenters. The van der Waals surface area contributed by atoms with Crippen LogP contribution in [0.3, 0.4) is 0 Å². The maximum Gasteiger partial charge on any atom is 0.279 e. The van der Waals surface area contributed by atoms with E-state index in [9.17, 15) is 14.4 Å². The number of nitrogens with one attached hydrogen (secondary N) is 2. The first-order valence-electron chi connectivity index (χ1n) is 10.2. The highest BCUT2D eigenvalue weighted by atomic mass is 32.1. The Morgan fingerprint density at radius 2 is 1.97 bits per heavy atom. The zero-order valence-corrected chi connectivity index (χ0v) is 19.9. The zero-order chi connectivity index (χ0) is 23.5. The van der Waals surface area contributed by atoms with Crippen molar-refractivity contribution >= 4 is 44.7 Å². The van der Waals surface area contributed by atoms with Gasteiger partial charge in [-0.3, -0.25) is 29.8 Å². The Hall–Kier alpha value is -3.50. The molecule has 8 nitrogen and oxygen atoms in total. The van der Waals surface area contributed by atoms with Crippen molar-refractivity contribution in [3.63, 3.8) is 0 Å². The summed E-state index contributed by atoms with van der Waals surface area (Å²) < 4.78 is 6.94. The average molecular weight is 483 g/mol. The van der Waals surface area contributed by atoms with E-state index >= 15 is 0 Å². The van der Waals surface area contributed by atoms with E-state index in [-0.39, 0.29) is 12.1 Å². The van der Waals surface area contributed by atoms with Crippen LogP contribution in [0.5, 0.6) is 5.75 Å². The van der Waals surface area contributed by atoms with Gasteiger partial charge in [0, 0.05) is 15.8 Å². The van der Waals surface area contributed by atoms with E-state index < -0.39 is 17.9 Å². The molecule has 0 aliphatic rings. The number of hydrogen-bond donors (Lipinski definition) is 2. The normalized spacial score (nSPS) is 11.8. The highest BCUT2D eigenvalue weighted by molar-refractivity contribution is 7.18.